The second kappa shape index (κ2) is 5.55. The Morgan fingerprint density at radius 1 is 1.33 bits per heavy atom. The smallest absolute Gasteiger partial charge is 0.142 e. The highest BCUT2D eigenvalue weighted by Gasteiger charge is 2.26. The lowest BCUT2D eigenvalue weighted by Crippen LogP contribution is -2.34. The van der Waals surface area contributed by atoms with Gasteiger partial charge in [-0.2, -0.15) is 5.26 Å². The van der Waals surface area contributed by atoms with Crippen molar-refractivity contribution in [3.05, 3.63) is 57.2 Å². The third kappa shape index (κ3) is 2.57. The molecule has 1 atom stereocenters. The van der Waals surface area contributed by atoms with Crippen molar-refractivity contribution < 1.29 is 0 Å². The van der Waals surface area contributed by atoms with Crippen LogP contribution in [-0.4, -0.2) is 11.5 Å². The molecule has 106 valence electrons. The fourth-order valence-corrected chi connectivity index (χ4v) is 3.42. The molecule has 0 fully saturated rings. The Hall–Kier alpha value is -1.76. The van der Waals surface area contributed by atoms with E-state index in [1.54, 1.807) is 12.1 Å². The van der Waals surface area contributed by atoms with Gasteiger partial charge in [-0.15, -0.1) is 0 Å². The van der Waals surface area contributed by atoms with Gasteiger partial charge in [-0.1, -0.05) is 29.3 Å². The van der Waals surface area contributed by atoms with Gasteiger partial charge in [0.05, 0.1) is 6.04 Å². The molecule has 1 aliphatic rings. The van der Waals surface area contributed by atoms with E-state index < -0.39 is 0 Å². The minimum Gasteiger partial charge on any atom is -0.349 e. The number of halogens is 2. The largest absolute Gasteiger partial charge is 0.349 e. The van der Waals surface area contributed by atoms with Crippen LogP contribution in [0, 0.1) is 11.3 Å². The Balaban J connectivity index is 2.02. The first-order valence-corrected chi connectivity index (χ1v) is 7.47. The van der Waals surface area contributed by atoms with Crippen LogP contribution in [0.3, 0.4) is 0 Å². The minimum atomic E-state index is 0.117. The Morgan fingerprint density at radius 2 is 2.14 bits per heavy atom. The molecule has 1 unspecified atom stereocenters. The summed E-state index contributed by atoms with van der Waals surface area (Å²) in [4.78, 5) is 6.56. The number of rotatable bonds is 1. The first kappa shape index (κ1) is 14.2. The van der Waals surface area contributed by atoms with E-state index in [0.29, 0.717) is 10.7 Å². The fourth-order valence-electron chi connectivity index (χ4n) is 2.81. The molecule has 0 bridgehead atoms. The number of nitriles is 1. The number of pyridine rings is 1. The van der Waals surface area contributed by atoms with E-state index in [9.17, 15) is 0 Å². The molecular weight excluding hydrogens is 305 g/mol. The zero-order valence-electron chi connectivity index (χ0n) is 11.5. The number of hydrogen-bond acceptors (Lipinski definition) is 3. The van der Waals surface area contributed by atoms with Crippen LogP contribution in [0.1, 0.15) is 29.8 Å². The summed E-state index contributed by atoms with van der Waals surface area (Å²) in [5.41, 5.74) is 2.71. The molecule has 2 aromatic rings. The summed E-state index contributed by atoms with van der Waals surface area (Å²) in [6, 6.07) is 11.4. The maximum absolute atomic E-state index is 8.99. The lowest BCUT2D eigenvalue weighted by Gasteiger charge is -2.36. The van der Waals surface area contributed by atoms with Crippen molar-refractivity contribution >= 4 is 29.0 Å². The van der Waals surface area contributed by atoms with E-state index in [1.807, 2.05) is 18.2 Å². The van der Waals surface area contributed by atoms with Crippen LogP contribution < -0.4 is 4.90 Å². The average molecular weight is 318 g/mol. The van der Waals surface area contributed by atoms with Gasteiger partial charge in [0.15, 0.2) is 0 Å². The van der Waals surface area contributed by atoms with Gasteiger partial charge in [0.25, 0.3) is 0 Å². The van der Waals surface area contributed by atoms with E-state index >= 15 is 0 Å². The van der Waals surface area contributed by atoms with Gasteiger partial charge in [0.2, 0.25) is 0 Å². The predicted octanol–water partition coefficient (Wildman–Crippen LogP) is 4.38. The van der Waals surface area contributed by atoms with Crippen LogP contribution in [0.15, 0.2) is 30.3 Å². The van der Waals surface area contributed by atoms with E-state index in [4.69, 9.17) is 28.5 Å². The maximum atomic E-state index is 8.99. The van der Waals surface area contributed by atoms with Gasteiger partial charge in [0, 0.05) is 16.6 Å². The van der Waals surface area contributed by atoms with Gasteiger partial charge in [-0.05, 0) is 48.7 Å². The normalized spacial score (nSPS) is 17.2. The molecule has 2 heterocycles. The fraction of sp³-hybridized carbons (Fsp3) is 0.250. The number of fused-ring (bicyclic) bond motifs is 1. The molecule has 0 radical (unpaired) electrons. The summed E-state index contributed by atoms with van der Waals surface area (Å²) in [5, 5.41) is 10.4. The molecule has 0 aliphatic carbocycles. The van der Waals surface area contributed by atoms with Crippen LogP contribution in [0.4, 0.5) is 5.82 Å². The first-order valence-electron chi connectivity index (χ1n) is 6.72. The molecule has 1 aliphatic heterocycles. The Kier molecular flexibility index (Phi) is 3.75. The molecule has 5 heteroatoms. The number of nitrogens with zero attached hydrogens (tertiary/aromatic N) is 3. The first-order chi connectivity index (χ1) is 10.1. The average Bonchev–Trinajstić information content (AvgIpc) is 2.48. The zero-order valence-corrected chi connectivity index (χ0v) is 13.0. The third-order valence-corrected chi connectivity index (χ3v) is 4.41. The van der Waals surface area contributed by atoms with E-state index in [-0.39, 0.29) is 6.04 Å². The molecule has 3 nitrogen and oxygen atoms in total. The summed E-state index contributed by atoms with van der Waals surface area (Å²) in [5.74, 6) is 0.809. The predicted molar refractivity (Wildman–Crippen MR) is 84.9 cm³/mol. The van der Waals surface area contributed by atoms with Gasteiger partial charge in [-0.3, -0.25) is 0 Å². The van der Waals surface area contributed by atoms with Crippen LogP contribution in [-0.2, 0) is 6.42 Å². The molecular formula is C16H13Cl2N3. The second-order valence-corrected chi connectivity index (χ2v) is 5.91. The number of aromatic nitrogens is 1. The quantitative estimate of drug-likeness (QED) is 0.783. The van der Waals surface area contributed by atoms with Gasteiger partial charge < -0.3 is 4.90 Å². The second-order valence-electron chi connectivity index (χ2n) is 5.07. The van der Waals surface area contributed by atoms with Gasteiger partial charge in [-0.25, -0.2) is 4.98 Å². The topological polar surface area (TPSA) is 39.9 Å². The summed E-state index contributed by atoms with van der Waals surface area (Å²) >= 11 is 12.4. The molecule has 0 spiro atoms. The van der Waals surface area contributed by atoms with Crippen molar-refractivity contribution in [2.45, 2.75) is 19.4 Å². The van der Waals surface area contributed by atoms with Crippen molar-refractivity contribution in [3.8, 4) is 6.07 Å². The number of hydrogen-bond donors (Lipinski definition) is 0. The molecule has 0 saturated carbocycles. The minimum absolute atomic E-state index is 0.117. The third-order valence-electron chi connectivity index (χ3n) is 3.86. The van der Waals surface area contributed by atoms with E-state index in [0.717, 1.165) is 34.9 Å². The summed E-state index contributed by atoms with van der Waals surface area (Å²) in [6.07, 6.45) is 0.841. The van der Waals surface area contributed by atoms with E-state index in [1.165, 1.54) is 0 Å². The molecule has 3 rings (SSSR count). The molecule has 0 saturated heterocycles. The monoisotopic (exact) mass is 317 g/mol. The number of benzene rings is 1. The highest BCUT2D eigenvalue weighted by molar-refractivity contribution is 6.35. The van der Waals surface area contributed by atoms with Crippen molar-refractivity contribution in [1.82, 2.24) is 4.98 Å². The highest BCUT2D eigenvalue weighted by Crippen LogP contribution is 2.37. The van der Waals surface area contributed by atoms with Crippen LogP contribution >= 0.6 is 23.2 Å². The number of anilines is 1. The molecule has 1 aromatic carbocycles. The Labute approximate surface area is 133 Å². The van der Waals surface area contributed by atoms with Crippen molar-refractivity contribution in [2.75, 3.05) is 11.4 Å². The van der Waals surface area contributed by atoms with Crippen LogP contribution in [0.5, 0.6) is 0 Å². The van der Waals surface area contributed by atoms with Crippen molar-refractivity contribution in [3.63, 3.8) is 0 Å². The summed E-state index contributed by atoms with van der Waals surface area (Å²) < 4.78 is 0. The van der Waals surface area contributed by atoms with Gasteiger partial charge >= 0.3 is 0 Å². The molecule has 0 N–H and O–H groups in total. The molecule has 0 amide bonds. The SMILES string of the molecule is CC1c2cc(Cl)cc(Cl)c2CCN1c1cccc(C#N)n1. The zero-order chi connectivity index (χ0) is 15.0. The lowest BCUT2D eigenvalue weighted by atomic mass is 9.93. The summed E-state index contributed by atoms with van der Waals surface area (Å²) in [7, 11) is 0. The molecule has 1 aromatic heterocycles. The molecule has 21 heavy (non-hydrogen) atoms. The standard InChI is InChI=1S/C16H13Cl2N3/c1-10-14-7-11(17)8-15(18)13(14)5-6-21(10)16-4-2-3-12(9-19)20-16/h2-4,7-8,10H,5-6H2,1H3. The highest BCUT2D eigenvalue weighted by atomic mass is 35.5. The van der Waals surface area contributed by atoms with Crippen LogP contribution in [0.2, 0.25) is 10.0 Å². The maximum Gasteiger partial charge on any atom is 0.142 e. The van der Waals surface area contributed by atoms with E-state index in [2.05, 4.69) is 22.9 Å². The summed E-state index contributed by atoms with van der Waals surface area (Å²) in [6.45, 7) is 2.92. The van der Waals surface area contributed by atoms with Crippen molar-refractivity contribution in [2.24, 2.45) is 0 Å². The Morgan fingerprint density at radius 3 is 2.90 bits per heavy atom. The van der Waals surface area contributed by atoms with Gasteiger partial charge in [0.1, 0.15) is 17.6 Å². The van der Waals surface area contributed by atoms with Crippen molar-refractivity contribution in [1.29, 1.82) is 5.26 Å². The van der Waals surface area contributed by atoms with Crippen LogP contribution in [0.25, 0.3) is 0 Å². The Bertz CT molecular complexity index is 737. The lowest BCUT2D eigenvalue weighted by molar-refractivity contribution is 0.617.